The van der Waals surface area contributed by atoms with Gasteiger partial charge in [0.2, 0.25) is 5.91 Å². The molecular formula is C20H21BrN4O2. The number of pyridine rings is 1. The number of aromatic nitrogens is 3. The highest BCUT2D eigenvalue weighted by molar-refractivity contribution is 9.10. The average molecular weight is 429 g/mol. The minimum absolute atomic E-state index is 0.0178. The van der Waals surface area contributed by atoms with Crippen LogP contribution in [0.1, 0.15) is 24.1 Å². The molecule has 0 saturated carbocycles. The van der Waals surface area contributed by atoms with Crippen LogP contribution in [0.2, 0.25) is 0 Å². The number of hydrogen-bond donors (Lipinski definition) is 1. The quantitative estimate of drug-likeness (QED) is 0.689. The van der Waals surface area contributed by atoms with Crippen LogP contribution in [0.4, 0.5) is 5.69 Å². The summed E-state index contributed by atoms with van der Waals surface area (Å²) in [7, 11) is 1.87. The van der Waals surface area contributed by atoms with E-state index in [1.165, 1.54) is 0 Å². The first-order chi connectivity index (χ1) is 13.0. The van der Waals surface area contributed by atoms with Crippen molar-refractivity contribution >= 4 is 38.6 Å². The van der Waals surface area contributed by atoms with Crippen molar-refractivity contribution in [2.75, 3.05) is 18.5 Å². The highest BCUT2D eigenvalue weighted by Gasteiger charge is 2.41. The largest absolute Gasteiger partial charge is 0.381 e. The molecule has 0 aliphatic carbocycles. The van der Waals surface area contributed by atoms with Crippen molar-refractivity contribution in [1.29, 1.82) is 0 Å². The van der Waals surface area contributed by atoms with Crippen molar-refractivity contribution in [3.8, 4) is 0 Å². The molecule has 3 heterocycles. The number of ether oxygens (including phenoxy) is 1. The van der Waals surface area contributed by atoms with Crippen LogP contribution in [0.25, 0.3) is 11.0 Å². The zero-order valence-electron chi connectivity index (χ0n) is 15.3. The van der Waals surface area contributed by atoms with E-state index in [-0.39, 0.29) is 5.91 Å². The van der Waals surface area contributed by atoms with Crippen LogP contribution in [0.5, 0.6) is 0 Å². The summed E-state index contributed by atoms with van der Waals surface area (Å²) >= 11 is 3.47. The minimum Gasteiger partial charge on any atom is -0.381 e. The predicted octanol–water partition coefficient (Wildman–Crippen LogP) is 3.73. The van der Waals surface area contributed by atoms with Crippen molar-refractivity contribution in [2.45, 2.75) is 25.2 Å². The number of halogens is 1. The van der Waals surface area contributed by atoms with Gasteiger partial charge in [-0.1, -0.05) is 28.1 Å². The number of hydrogen-bond acceptors (Lipinski definition) is 4. The molecule has 1 aliphatic heterocycles. The second kappa shape index (κ2) is 7.05. The molecule has 1 aliphatic rings. The Morgan fingerprint density at radius 1 is 1.26 bits per heavy atom. The van der Waals surface area contributed by atoms with Gasteiger partial charge >= 0.3 is 0 Å². The first-order valence-corrected chi connectivity index (χ1v) is 9.73. The summed E-state index contributed by atoms with van der Waals surface area (Å²) in [5, 5.41) is 8.42. The van der Waals surface area contributed by atoms with Crippen LogP contribution in [0.15, 0.2) is 41.0 Å². The summed E-state index contributed by atoms with van der Waals surface area (Å²) in [5.74, 6) is -0.0178. The Bertz CT molecular complexity index is 991. The highest BCUT2D eigenvalue weighted by atomic mass is 79.9. The monoisotopic (exact) mass is 428 g/mol. The van der Waals surface area contributed by atoms with Crippen LogP contribution in [0.3, 0.4) is 0 Å². The standard InChI is InChI=1S/C20H21BrN4O2/c1-13-17-11-16(12-22-18(17)25(2)24-13)23-19(26)20(7-9-27-10-8-20)14-3-5-15(21)6-4-14/h3-6,11-12H,7-10H2,1-2H3,(H,23,26). The van der Waals surface area contributed by atoms with Crippen molar-refractivity contribution in [3.05, 3.63) is 52.3 Å². The molecule has 140 valence electrons. The predicted molar refractivity (Wildman–Crippen MR) is 108 cm³/mol. The van der Waals surface area contributed by atoms with E-state index < -0.39 is 5.41 Å². The average Bonchev–Trinajstić information content (AvgIpc) is 2.96. The van der Waals surface area contributed by atoms with E-state index >= 15 is 0 Å². The van der Waals surface area contributed by atoms with Gasteiger partial charge in [-0.3, -0.25) is 9.48 Å². The number of anilines is 1. The number of nitrogens with one attached hydrogen (secondary N) is 1. The van der Waals surface area contributed by atoms with Gasteiger partial charge in [-0.05, 0) is 43.5 Å². The molecule has 7 heteroatoms. The molecule has 2 aromatic heterocycles. The molecule has 1 N–H and O–H groups in total. The number of aryl methyl sites for hydroxylation is 2. The third-order valence-electron chi connectivity index (χ3n) is 5.30. The lowest BCUT2D eigenvalue weighted by molar-refractivity contribution is -0.125. The fourth-order valence-electron chi connectivity index (χ4n) is 3.76. The maximum Gasteiger partial charge on any atom is 0.235 e. The topological polar surface area (TPSA) is 69.0 Å². The van der Waals surface area contributed by atoms with E-state index in [1.54, 1.807) is 10.9 Å². The lowest BCUT2D eigenvalue weighted by atomic mass is 9.73. The van der Waals surface area contributed by atoms with E-state index in [1.807, 2.05) is 44.3 Å². The third kappa shape index (κ3) is 3.26. The van der Waals surface area contributed by atoms with Crippen LogP contribution >= 0.6 is 15.9 Å². The van der Waals surface area contributed by atoms with Gasteiger partial charge in [0.1, 0.15) is 0 Å². The summed E-state index contributed by atoms with van der Waals surface area (Å²) < 4.78 is 8.28. The summed E-state index contributed by atoms with van der Waals surface area (Å²) in [6.45, 7) is 3.09. The van der Waals surface area contributed by atoms with Crippen LogP contribution in [-0.4, -0.2) is 33.9 Å². The van der Waals surface area contributed by atoms with Gasteiger partial charge in [-0.15, -0.1) is 0 Å². The molecule has 3 aromatic rings. The maximum absolute atomic E-state index is 13.4. The summed E-state index contributed by atoms with van der Waals surface area (Å²) in [4.78, 5) is 17.8. The van der Waals surface area contributed by atoms with Gasteiger partial charge in [0.15, 0.2) is 5.65 Å². The molecule has 0 unspecified atom stereocenters. The smallest absolute Gasteiger partial charge is 0.235 e. The molecule has 0 radical (unpaired) electrons. The Kier molecular flexibility index (Phi) is 4.74. The lowest BCUT2D eigenvalue weighted by Crippen LogP contribution is -2.44. The SMILES string of the molecule is Cc1nn(C)c2ncc(NC(=O)C3(c4ccc(Br)cc4)CCOCC3)cc12. The lowest BCUT2D eigenvalue weighted by Gasteiger charge is -2.36. The Labute approximate surface area is 166 Å². The fraction of sp³-hybridized carbons (Fsp3) is 0.350. The zero-order valence-corrected chi connectivity index (χ0v) is 16.9. The van der Waals surface area contributed by atoms with E-state index in [9.17, 15) is 4.79 Å². The first kappa shape index (κ1) is 18.1. The van der Waals surface area contributed by atoms with Gasteiger partial charge in [0.05, 0.1) is 23.0 Å². The van der Waals surface area contributed by atoms with E-state index in [4.69, 9.17) is 4.74 Å². The van der Waals surface area contributed by atoms with Crippen molar-refractivity contribution in [3.63, 3.8) is 0 Å². The highest BCUT2D eigenvalue weighted by Crippen LogP contribution is 2.37. The van der Waals surface area contributed by atoms with Crippen LogP contribution in [0, 0.1) is 6.92 Å². The molecule has 1 fully saturated rings. The summed E-state index contributed by atoms with van der Waals surface area (Å²) in [5.41, 5.74) is 2.80. The minimum atomic E-state index is -0.599. The van der Waals surface area contributed by atoms with Gasteiger partial charge in [-0.25, -0.2) is 4.98 Å². The number of amides is 1. The van der Waals surface area contributed by atoms with Gasteiger partial charge in [0.25, 0.3) is 0 Å². The zero-order chi connectivity index (χ0) is 19.0. The van der Waals surface area contributed by atoms with Crippen LogP contribution < -0.4 is 5.32 Å². The van der Waals surface area contributed by atoms with Crippen molar-refractivity contribution < 1.29 is 9.53 Å². The number of carbonyl (C=O) groups is 1. The molecule has 27 heavy (non-hydrogen) atoms. The Balaban J connectivity index is 1.68. The summed E-state index contributed by atoms with van der Waals surface area (Å²) in [6.07, 6.45) is 3.00. The van der Waals surface area contributed by atoms with E-state index in [0.717, 1.165) is 26.8 Å². The van der Waals surface area contributed by atoms with Gasteiger partial charge in [-0.2, -0.15) is 5.10 Å². The Hall–Kier alpha value is -2.25. The molecule has 0 spiro atoms. The fourth-order valence-corrected chi connectivity index (χ4v) is 4.03. The van der Waals surface area contributed by atoms with Crippen molar-refractivity contribution in [1.82, 2.24) is 14.8 Å². The maximum atomic E-state index is 13.4. The van der Waals surface area contributed by atoms with E-state index in [0.29, 0.717) is 31.7 Å². The van der Waals surface area contributed by atoms with Crippen LogP contribution in [-0.2, 0) is 22.0 Å². The molecule has 1 amide bonds. The second-order valence-electron chi connectivity index (χ2n) is 6.96. The molecule has 4 rings (SSSR count). The Morgan fingerprint density at radius 2 is 1.96 bits per heavy atom. The van der Waals surface area contributed by atoms with E-state index in [2.05, 4.69) is 31.3 Å². The number of carbonyl (C=O) groups excluding carboxylic acids is 1. The van der Waals surface area contributed by atoms with Crippen molar-refractivity contribution in [2.24, 2.45) is 7.05 Å². The number of benzene rings is 1. The number of fused-ring (bicyclic) bond motifs is 1. The first-order valence-electron chi connectivity index (χ1n) is 8.94. The molecule has 6 nitrogen and oxygen atoms in total. The third-order valence-corrected chi connectivity index (χ3v) is 5.83. The summed E-state index contributed by atoms with van der Waals surface area (Å²) in [6, 6.07) is 9.93. The normalized spacial score (nSPS) is 16.4. The molecule has 1 saturated heterocycles. The second-order valence-corrected chi connectivity index (χ2v) is 7.88. The number of nitrogens with zero attached hydrogens (tertiary/aromatic N) is 3. The number of rotatable bonds is 3. The molecular weight excluding hydrogens is 408 g/mol. The molecule has 0 bridgehead atoms. The van der Waals surface area contributed by atoms with Gasteiger partial charge < -0.3 is 10.1 Å². The molecule has 0 atom stereocenters. The van der Waals surface area contributed by atoms with Gasteiger partial charge in [0, 0.05) is 30.1 Å². The Morgan fingerprint density at radius 3 is 2.67 bits per heavy atom. The molecule has 1 aromatic carbocycles.